The van der Waals surface area contributed by atoms with E-state index in [1.54, 1.807) is 18.2 Å². The van der Waals surface area contributed by atoms with Crippen LogP contribution in [0.2, 0.25) is 0 Å². The molecule has 0 atom stereocenters. The van der Waals surface area contributed by atoms with Crippen LogP contribution in [-0.2, 0) is 9.53 Å². The highest BCUT2D eigenvalue weighted by Crippen LogP contribution is 2.19. The van der Waals surface area contributed by atoms with Crippen LogP contribution >= 0.6 is 0 Å². The summed E-state index contributed by atoms with van der Waals surface area (Å²) in [5, 5.41) is 2.71. The normalized spacial score (nSPS) is 10.4. The Morgan fingerprint density at radius 1 is 1.16 bits per heavy atom. The second-order valence-corrected chi connectivity index (χ2v) is 5.35. The lowest BCUT2D eigenvalue weighted by molar-refractivity contribution is -0.116. The van der Waals surface area contributed by atoms with E-state index in [1.807, 2.05) is 18.2 Å². The molecule has 136 valence electrons. The Morgan fingerprint density at radius 3 is 2.72 bits per heavy atom. The van der Waals surface area contributed by atoms with Gasteiger partial charge in [0.2, 0.25) is 5.91 Å². The van der Waals surface area contributed by atoms with E-state index < -0.39 is 0 Å². The van der Waals surface area contributed by atoms with Crippen molar-refractivity contribution in [2.24, 2.45) is 0 Å². The van der Waals surface area contributed by atoms with Crippen LogP contribution in [-0.4, -0.2) is 31.6 Å². The fraction of sp³-hybridized carbons (Fsp3) is 0.400. The first-order valence-corrected chi connectivity index (χ1v) is 8.63. The molecule has 1 aromatic rings. The topological polar surface area (TPSA) is 64.6 Å². The Kier molecular flexibility index (Phi) is 10.5. The fourth-order valence-electron chi connectivity index (χ4n) is 2.04. The number of benzene rings is 1. The number of ether oxygens (including phenoxy) is 2. The lowest BCUT2D eigenvalue weighted by atomic mass is 10.2. The van der Waals surface area contributed by atoms with E-state index in [2.05, 4.69) is 18.8 Å². The Morgan fingerprint density at radius 2 is 1.96 bits per heavy atom. The summed E-state index contributed by atoms with van der Waals surface area (Å²) in [6.45, 7) is 6.84. The monoisotopic (exact) mass is 345 g/mol. The van der Waals surface area contributed by atoms with Crippen molar-refractivity contribution in [3.05, 3.63) is 54.6 Å². The quantitative estimate of drug-likeness (QED) is 0.272. The molecule has 0 radical (unpaired) electrons. The highest BCUT2D eigenvalue weighted by Gasteiger charge is 2.13. The molecule has 0 fully saturated rings. The molecule has 0 aliphatic rings. The number of amides is 1. The summed E-state index contributed by atoms with van der Waals surface area (Å²) in [5.74, 6) is -0.0340. The molecule has 0 unspecified atom stereocenters. The SMILES string of the molecule is C=CC(=O)NCCCCOc1ccccc1C(=O)OCCC=CCC. The van der Waals surface area contributed by atoms with E-state index in [4.69, 9.17) is 9.47 Å². The van der Waals surface area contributed by atoms with E-state index in [-0.39, 0.29) is 11.9 Å². The lowest BCUT2D eigenvalue weighted by Gasteiger charge is -2.11. The third kappa shape index (κ3) is 8.74. The second kappa shape index (κ2) is 12.8. The fourth-order valence-corrected chi connectivity index (χ4v) is 2.04. The van der Waals surface area contributed by atoms with Gasteiger partial charge in [0.25, 0.3) is 0 Å². The molecule has 0 spiro atoms. The first-order chi connectivity index (χ1) is 12.2. The summed E-state index contributed by atoms with van der Waals surface area (Å²) in [6.07, 6.45) is 8.53. The Balaban J connectivity index is 2.37. The number of nitrogens with one attached hydrogen (secondary N) is 1. The molecule has 1 aromatic carbocycles. The molecular weight excluding hydrogens is 318 g/mol. The van der Waals surface area contributed by atoms with Crippen molar-refractivity contribution in [3.63, 3.8) is 0 Å². The van der Waals surface area contributed by atoms with Gasteiger partial charge in [0.15, 0.2) is 0 Å². The first kappa shape index (κ1) is 20.5. The molecule has 0 heterocycles. The minimum Gasteiger partial charge on any atom is -0.493 e. The van der Waals surface area contributed by atoms with E-state index in [0.717, 1.165) is 19.3 Å². The van der Waals surface area contributed by atoms with Gasteiger partial charge in [-0.05, 0) is 43.9 Å². The van der Waals surface area contributed by atoms with Gasteiger partial charge in [-0.2, -0.15) is 0 Å². The summed E-state index contributed by atoms with van der Waals surface area (Å²) < 4.78 is 11.0. The molecule has 0 saturated carbocycles. The van der Waals surface area contributed by atoms with Gasteiger partial charge in [-0.25, -0.2) is 4.79 Å². The standard InChI is InChI=1S/C20H27NO4/c1-3-5-6-10-16-25-20(23)17-12-7-8-13-18(17)24-15-11-9-14-21-19(22)4-2/h4-8,12-13H,2-3,9-11,14-16H2,1H3,(H,21,22). The first-order valence-electron chi connectivity index (χ1n) is 8.63. The molecule has 5 heteroatoms. The third-order valence-corrected chi connectivity index (χ3v) is 3.34. The van der Waals surface area contributed by atoms with Gasteiger partial charge in [-0.3, -0.25) is 4.79 Å². The molecule has 5 nitrogen and oxygen atoms in total. The van der Waals surface area contributed by atoms with Gasteiger partial charge in [-0.15, -0.1) is 0 Å². The zero-order valence-corrected chi connectivity index (χ0v) is 14.8. The van der Waals surface area contributed by atoms with E-state index >= 15 is 0 Å². The van der Waals surface area contributed by atoms with Crippen LogP contribution in [0.15, 0.2) is 49.1 Å². The highest BCUT2D eigenvalue weighted by molar-refractivity contribution is 5.92. The van der Waals surface area contributed by atoms with Gasteiger partial charge in [0, 0.05) is 6.54 Å². The molecular formula is C20H27NO4. The van der Waals surface area contributed by atoms with Crippen molar-refractivity contribution < 1.29 is 19.1 Å². The minimum atomic E-state index is -0.376. The number of esters is 1. The number of allylic oxidation sites excluding steroid dienone is 1. The number of carbonyl (C=O) groups excluding carboxylic acids is 2. The molecule has 0 bridgehead atoms. The highest BCUT2D eigenvalue weighted by atomic mass is 16.5. The van der Waals surface area contributed by atoms with Gasteiger partial charge in [-0.1, -0.05) is 37.8 Å². The zero-order chi connectivity index (χ0) is 18.3. The smallest absolute Gasteiger partial charge is 0.341 e. The molecule has 0 saturated heterocycles. The zero-order valence-electron chi connectivity index (χ0n) is 14.8. The summed E-state index contributed by atoms with van der Waals surface area (Å²) in [6, 6.07) is 7.06. The average Bonchev–Trinajstić information content (AvgIpc) is 2.64. The van der Waals surface area contributed by atoms with Crippen molar-refractivity contribution >= 4 is 11.9 Å². The van der Waals surface area contributed by atoms with E-state index in [0.29, 0.717) is 37.5 Å². The van der Waals surface area contributed by atoms with Gasteiger partial charge in [0.1, 0.15) is 11.3 Å². The number of hydrogen-bond acceptors (Lipinski definition) is 4. The molecule has 0 aliphatic heterocycles. The lowest BCUT2D eigenvalue weighted by Crippen LogP contribution is -2.22. The maximum atomic E-state index is 12.2. The third-order valence-electron chi connectivity index (χ3n) is 3.34. The number of carbonyl (C=O) groups is 2. The van der Waals surface area contributed by atoms with Gasteiger partial charge < -0.3 is 14.8 Å². The Hall–Kier alpha value is -2.56. The van der Waals surface area contributed by atoms with Crippen LogP contribution in [0.4, 0.5) is 0 Å². The molecule has 1 N–H and O–H groups in total. The van der Waals surface area contributed by atoms with Crippen LogP contribution < -0.4 is 10.1 Å². The average molecular weight is 345 g/mol. The van der Waals surface area contributed by atoms with Crippen LogP contribution in [0.1, 0.15) is 43.0 Å². The second-order valence-electron chi connectivity index (χ2n) is 5.35. The minimum absolute atomic E-state index is 0.178. The van der Waals surface area contributed by atoms with Crippen molar-refractivity contribution in [1.29, 1.82) is 0 Å². The van der Waals surface area contributed by atoms with Gasteiger partial charge in [0.05, 0.1) is 13.2 Å². The molecule has 0 aromatic heterocycles. The van der Waals surface area contributed by atoms with Crippen LogP contribution in [0.3, 0.4) is 0 Å². The van der Waals surface area contributed by atoms with Gasteiger partial charge >= 0.3 is 5.97 Å². The summed E-state index contributed by atoms with van der Waals surface area (Å²) in [5.41, 5.74) is 0.432. The summed E-state index contributed by atoms with van der Waals surface area (Å²) in [4.78, 5) is 23.2. The largest absolute Gasteiger partial charge is 0.493 e. The van der Waals surface area contributed by atoms with Crippen molar-refractivity contribution in [3.8, 4) is 5.75 Å². The van der Waals surface area contributed by atoms with E-state index in [1.165, 1.54) is 6.08 Å². The number of unbranched alkanes of at least 4 members (excludes halogenated alkanes) is 1. The van der Waals surface area contributed by atoms with Crippen LogP contribution in [0.5, 0.6) is 5.75 Å². The molecule has 1 amide bonds. The predicted molar refractivity (Wildman–Crippen MR) is 98.7 cm³/mol. The van der Waals surface area contributed by atoms with Crippen LogP contribution in [0.25, 0.3) is 0 Å². The van der Waals surface area contributed by atoms with Crippen molar-refractivity contribution in [2.45, 2.75) is 32.6 Å². The molecule has 0 aliphatic carbocycles. The Bertz CT molecular complexity index is 581. The van der Waals surface area contributed by atoms with Crippen LogP contribution in [0, 0.1) is 0 Å². The number of hydrogen-bond donors (Lipinski definition) is 1. The number of rotatable bonds is 12. The molecule has 25 heavy (non-hydrogen) atoms. The maximum absolute atomic E-state index is 12.2. The Labute approximate surface area is 149 Å². The van der Waals surface area contributed by atoms with Crippen molar-refractivity contribution in [2.75, 3.05) is 19.8 Å². The molecule has 1 rings (SSSR count). The maximum Gasteiger partial charge on any atom is 0.341 e. The van der Waals surface area contributed by atoms with Crippen molar-refractivity contribution in [1.82, 2.24) is 5.32 Å². The number of para-hydroxylation sites is 1. The summed E-state index contributed by atoms with van der Waals surface area (Å²) in [7, 11) is 0. The van der Waals surface area contributed by atoms with E-state index in [9.17, 15) is 9.59 Å². The summed E-state index contributed by atoms with van der Waals surface area (Å²) >= 11 is 0. The predicted octanol–water partition coefficient (Wildman–Crippen LogP) is 3.66.